The summed E-state index contributed by atoms with van der Waals surface area (Å²) in [5.41, 5.74) is 4.39. The number of aliphatic hydroxyl groups excluding tert-OH is 5. The molecule has 1 fully saturated rings. The van der Waals surface area contributed by atoms with Crippen LogP contribution >= 0.6 is 0 Å². The van der Waals surface area contributed by atoms with Gasteiger partial charge < -0.3 is 39.7 Å². The number of aryl methyl sites for hydroxylation is 1. The van der Waals surface area contributed by atoms with Gasteiger partial charge in [-0.3, -0.25) is 4.84 Å². The van der Waals surface area contributed by atoms with Crippen molar-refractivity contribution in [3.8, 4) is 0 Å². The topological polar surface area (TPSA) is 164 Å². The van der Waals surface area contributed by atoms with Crippen LogP contribution in [0.25, 0.3) is 0 Å². The highest BCUT2D eigenvalue weighted by Crippen LogP contribution is 2.27. The molecule has 1 saturated heterocycles. The van der Waals surface area contributed by atoms with E-state index < -0.39 is 54.7 Å². The Morgan fingerprint density at radius 3 is 2.76 bits per heavy atom. The highest BCUT2D eigenvalue weighted by atomic mass is 16.7. The smallest absolute Gasteiger partial charge is 0.328 e. The molecule has 0 spiro atoms. The minimum Gasteiger partial charge on any atom is -0.504 e. The van der Waals surface area contributed by atoms with Gasteiger partial charge in [0, 0.05) is 11.1 Å². The molecular weight excluding hydrogens is 388 g/mol. The molecule has 2 aliphatic heterocycles. The lowest BCUT2D eigenvalue weighted by Gasteiger charge is -2.42. The van der Waals surface area contributed by atoms with E-state index in [1.807, 2.05) is 19.2 Å². The van der Waals surface area contributed by atoms with Gasteiger partial charge in [-0.1, -0.05) is 0 Å². The molecule has 3 rings (SSSR count). The molecule has 0 aromatic carbocycles. The molecule has 1 aromatic heterocycles. The largest absolute Gasteiger partial charge is 0.504 e. The first kappa shape index (κ1) is 21.3. The minimum absolute atomic E-state index is 0.0671. The van der Waals surface area contributed by atoms with Crippen LogP contribution in [0.4, 0.5) is 0 Å². The molecule has 11 nitrogen and oxygen atoms in total. The molecule has 29 heavy (non-hydrogen) atoms. The van der Waals surface area contributed by atoms with Gasteiger partial charge in [0.15, 0.2) is 30.5 Å². The van der Waals surface area contributed by atoms with Crippen LogP contribution in [0.5, 0.6) is 0 Å². The fourth-order valence-electron chi connectivity index (χ4n) is 2.95. The Morgan fingerprint density at radius 1 is 1.24 bits per heavy atom. The number of ether oxygens (including phenoxy) is 3. The average Bonchev–Trinajstić information content (AvgIpc) is 2.70. The van der Waals surface area contributed by atoms with Crippen LogP contribution in [-0.4, -0.2) is 69.4 Å². The van der Waals surface area contributed by atoms with Crippen molar-refractivity contribution < 1.29 is 49.6 Å². The first-order valence-electron chi connectivity index (χ1n) is 8.99. The van der Waals surface area contributed by atoms with Crippen LogP contribution in [0, 0.1) is 6.92 Å². The van der Waals surface area contributed by atoms with Crippen molar-refractivity contribution >= 4 is 0 Å². The fraction of sp³-hybridized carbons (Fsp3) is 0.500. The Morgan fingerprint density at radius 2 is 2.03 bits per heavy atom. The number of rotatable bonds is 7. The van der Waals surface area contributed by atoms with Crippen LogP contribution in [0.15, 0.2) is 42.0 Å². The van der Waals surface area contributed by atoms with Crippen LogP contribution in [0.2, 0.25) is 0 Å². The monoisotopic (exact) mass is 413 g/mol. The van der Waals surface area contributed by atoms with E-state index in [0.717, 1.165) is 11.1 Å². The Balaban J connectivity index is 1.67. The first-order valence-corrected chi connectivity index (χ1v) is 8.99. The minimum atomic E-state index is -1.46. The van der Waals surface area contributed by atoms with Gasteiger partial charge >= 0.3 is 5.95 Å². The average molecular weight is 413 g/mol. The van der Waals surface area contributed by atoms with E-state index in [1.165, 1.54) is 6.08 Å². The molecule has 0 amide bonds. The molecule has 1 aromatic rings. The second-order valence-electron chi connectivity index (χ2n) is 6.70. The van der Waals surface area contributed by atoms with Gasteiger partial charge in [-0.15, -0.1) is 0 Å². The number of aromatic amines is 1. The zero-order valence-corrected chi connectivity index (χ0v) is 15.7. The summed E-state index contributed by atoms with van der Waals surface area (Å²) in [6.45, 7) is 1.44. The molecule has 5 atom stereocenters. The van der Waals surface area contributed by atoms with Crippen LogP contribution in [0.3, 0.4) is 0 Å². The fourth-order valence-corrected chi connectivity index (χ4v) is 2.95. The third kappa shape index (κ3) is 4.96. The van der Waals surface area contributed by atoms with Gasteiger partial charge in [0.1, 0.15) is 24.9 Å². The normalized spacial score (nSPS) is 29.9. The summed E-state index contributed by atoms with van der Waals surface area (Å²) in [5.74, 6) is -1.57. The predicted octanol–water partition coefficient (Wildman–Crippen LogP) is -1.15. The lowest BCUT2D eigenvalue weighted by Crippen LogP contribution is -2.63. The quantitative estimate of drug-likeness (QED) is 0.301. The molecule has 11 heteroatoms. The molecule has 2 unspecified atom stereocenters. The number of aromatic nitrogens is 1. The maximum atomic E-state index is 10.6. The summed E-state index contributed by atoms with van der Waals surface area (Å²) in [5, 5.41) is 49.8. The van der Waals surface area contributed by atoms with E-state index in [-0.39, 0.29) is 13.2 Å². The van der Waals surface area contributed by atoms with E-state index in [2.05, 4.69) is 10.5 Å². The van der Waals surface area contributed by atoms with Gasteiger partial charge in [0.25, 0.3) is 0 Å². The van der Waals surface area contributed by atoms with Gasteiger partial charge in [-0.25, -0.2) is 4.98 Å². The number of aliphatic hydroxyl groups is 5. The summed E-state index contributed by atoms with van der Waals surface area (Å²) >= 11 is 0. The second kappa shape index (κ2) is 9.39. The van der Waals surface area contributed by atoms with Crippen LogP contribution < -0.4 is 10.5 Å². The highest BCUT2D eigenvalue weighted by Gasteiger charge is 2.47. The Hall–Kier alpha value is -2.41. The molecule has 7 N–H and O–H groups in total. The van der Waals surface area contributed by atoms with E-state index in [0.29, 0.717) is 0 Å². The van der Waals surface area contributed by atoms with Gasteiger partial charge in [-0.05, 0) is 19.1 Å². The Kier molecular flexibility index (Phi) is 6.90. The second-order valence-corrected chi connectivity index (χ2v) is 6.70. The highest BCUT2D eigenvalue weighted by molar-refractivity contribution is 5.21. The molecule has 0 aliphatic carbocycles. The number of hydrogen-bond acceptors (Lipinski definition) is 10. The SMILES string of the molecule is Cc1c[nH+]cc(CON[C@@H]2OC(CO)[C@@H](O)[C@@H](OC3=C(O)C(O)=CCO3)C2O)c1. The van der Waals surface area contributed by atoms with Crippen molar-refractivity contribution in [2.24, 2.45) is 0 Å². The number of hydroxylamine groups is 1. The molecule has 3 heterocycles. The molecule has 160 valence electrons. The lowest BCUT2D eigenvalue weighted by molar-refractivity contribution is -0.379. The molecule has 0 saturated carbocycles. The van der Waals surface area contributed by atoms with Crippen molar-refractivity contribution in [3.05, 3.63) is 53.1 Å². The predicted molar refractivity (Wildman–Crippen MR) is 94.6 cm³/mol. The number of hydrogen-bond donors (Lipinski definition) is 6. The summed E-state index contributed by atoms with van der Waals surface area (Å²) in [7, 11) is 0. The van der Waals surface area contributed by atoms with Gasteiger partial charge in [0.2, 0.25) is 5.76 Å². The van der Waals surface area contributed by atoms with Crippen LogP contribution in [0.1, 0.15) is 11.1 Å². The summed E-state index contributed by atoms with van der Waals surface area (Å²) in [4.78, 5) is 8.34. The van der Waals surface area contributed by atoms with Gasteiger partial charge in [-0.2, -0.15) is 5.48 Å². The van der Waals surface area contributed by atoms with Gasteiger partial charge in [0.05, 0.1) is 13.2 Å². The Labute approximate surface area is 166 Å². The molecule has 2 aliphatic rings. The van der Waals surface area contributed by atoms with Crippen molar-refractivity contribution in [1.82, 2.24) is 5.48 Å². The maximum absolute atomic E-state index is 10.6. The standard InChI is InChI=1S/C18H24N2O9/c1-9-4-10(6-19-5-9)8-27-20-17-15(25)16(14(24)12(7-21)28-17)29-18-13(23)11(22)2-3-26-18/h2,4-6,12,14-17,20-25H,3,7-8H2,1H3/p+1/t12?,14-,15?,16-,17-/m1/s1. The summed E-state index contributed by atoms with van der Waals surface area (Å²) in [6, 6.07) is 1.90. The summed E-state index contributed by atoms with van der Waals surface area (Å²) < 4.78 is 15.9. The number of H-pyrrole nitrogens is 1. The van der Waals surface area contributed by atoms with Crippen molar-refractivity contribution in [2.75, 3.05) is 13.2 Å². The zero-order chi connectivity index (χ0) is 21.0. The molecule has 0 radical (unpaired) electrons. The van der Waals surface area contributed by atoms with E-state index in [4.69, 9.17) is 19.0 Å². The maximum Gasteiger partial charge on any atom is 0.328 e. The molecular formula is C18H25N2O9+. The molecule has 0 bridgehead atoms. The number of pyridine rings is 1. The first-order chi connectivity index (χ1) is 13.9. The van der Waals surface area contributed by atoms with Crippen molar-refractivity contribution in [3.63, 3.8) is 0 Å². The van der Waals surface area contributed by atoms with E-state index in [9.17, 15) is 25.5 Å². The third-order valence-corrected chi connectivity index (χ3v) is 4.47. The third-order valence-electron chi connectivity index (χ3n) is 4.47. The summed E-state index contributed by atoms with van der Waals surface area (Å²) in [6.07, 6.45) is -1.74. The van der Waals surface area contributed by atoms with Crippen molar-refractivity contribution in [1.29, 1.82) is 0 Å². The van der Waals surface area contributed by atoms with Crippen LogP contribution in [-0.2, 0) is 25.7 Å². The Bertz CT molecular complexity index is 769. The van der Waals surface area contributed by atoms with E-state index >= 15 is 0 Å². The van der Waals surface area contributed by atoms with E-state index in [1.54, 1.807) is 6.20 Å². The zero-order valence-electron chi connectivity index (χ0n) is 15.7. The van der Waals surface area contributed by atoms with Crippen molar-refractivity contribution in [2.45, 2.75) is 44.2 Å². The lowest BCUT2D eigenvalue weighted by atomic mass is 9.98. The number of nitrogens with one attached hydrogen (secondary N) is 2.